The van der Waals surface area contributed by atoms with Crippen molar-refractivity contribution in [3.63, 3.8) is 0 Å². The summed E-state index contributed by atoms with van der Waals surface area (Å²) in [5.74, 6) is -0.460. The summed E-state index contributed by atoms with van der Waals surface area (Å²) in [6.07, 6.45) is 2.34. The number of H-pyrrole nitrogens is 1. The van der Waals surface area contributed by atoms with E-state index >= 15 is 0 Å². The number of amides is 1. The number of rotatable bonds is 5. The van der Waals surface area contributed by atoms with Gasteiger partial charge in [0.1, 0.15) is 17.6 Å². The predicted octanol–water partition coefficient (Wildman–Crippen LogP) is 0.548. The minimum absolute atomic E-state index is 0.171. The number of aromatic amines is 1. The summed E-state index contributed by atoms with van der Waals surface area (Å²) in [5, 5.41) is 28.9. The summed E-state index contributed by atoms with van der Waals surface area (Å²) in [6, 6.07) is 3.16. The Balaban J connectivity index is 2.06. The van der Waals surface area contributed by atoms with E-state index in [-0.39, 0.29) is 18.0 Å². The number of hydrogen-bond acceptors (Lipinski definition) is 6. The average molecular weight is 280 g/mol. The van der Waals surface area contributed by atoms with Crippen LogP contribution in [0.5, 0.6) is 0 Å². The third kappa shape index (κ3) is 2.67. The van der Waals surface area contributed by atoms with Gasteiger partial charge in [-0.2, -0.15) is 5.10 Å². The Kier molecular flexibility index (Phi) is 3.53. The minimum Gasteiger partial charge on any atom is -0.466 e. The molecule has 0 spiro atoms. The second-order valence-electron chi connectivity index (χ2n) is 4.32. The van der Waals surface area contributed by atoms with Gasteiger partial charge < -0.3 is 14.8 Å². The highest BCUT2D eigenvalue weighted by atomic mass is 16.6. The number of nitrogens with zero attached hydrogens (tertiary/aromatic N) is 2. The van der Waals surface area contributed by atoms with Gasteiger partial charge in [0.15, 0.2) is 0 Å². The molecule has 20 heavy (non-hydrogen) atoms. The summed E-state index contributed by atoms with van der Waals surface area (Å²) < 4.78 is 5.05. The molecule has 0 aliphatic carbocycles. The Labute approximate surface area is 112 Å². The molecule has 106 valence electrons. The quantitative estimate of drug-likeness (QED) is 0.540. The number of nitrogens with one attached hydrogen (secondary N) is 2. The Morgan fingerprint density at radius 2 is 2.45 bits per heavy atom. The van der Waals surface area contributed by atoms with Gasteiger partial charge in [0.05, 0.1) is 17.7 Å². The van der Waals surface area contributed by atoms with Crippen LogP contribution in [0, 0.1) is 10.1 Å². The van der Waals surface area contributed by atoms with Crippen LogP contribution in [0.15, 0.2) is 29.0 Å². The van der Waals surface area contributed by atoms with Crippen molar-refractivity contribution in [3.05, 3.63) is 46.2 Å². The number of nitro groups is 1. The molecule has 2 aromatic rings. The van der Waals surface area contributed by atoms with Crippen molar-refractivity contribution in [1.82, 2.24) is 15.5 Å². The molecule has 0 bridgehead atoms. The maximum absolute atomic E-state index is 11.8. The van der Waals surface area contributed by atoms with E-state index in [2.05, 4.69) is 15.5 Å². The Morgan fingerprint density at radius 1 is 1.70 bits per heavy atom. The van der Waals surface area contributed by atoms with Crippen molar-refractivity contribution in [2.24, 2.45) is 0 Å². The smallest absolute Gasteiger partial charge is 0.319 e. The molecule has 3 N–H and O–H groups in total. The lowest BCUT2D eigenvalue weighted by Crippen LogP contribution is -2.38. The summed E-state index contributed by atoms with van der Waals surface area (Å²) in [5.41, 5.74) is -2.13. The lowest BCUT2D eigenvalue weighted by atomic mass is 10.0. The van der Waals surface area contributed by atoms with Crippen molar-refractivity contribution in [3.8, 4) is 0 Å². The topological polar surface area (TPSA) is 134 Å². The van der Waals surface area contributed by atoms with Crippen LogP contribution in [-0.2, 0) is 5.60 Å². The number of aliphatic hydroxyl groups is 1. The van der Waals surface area contributed by atoms with Crippen LogP contribution in [0.1, 0.15) is 23.2 Å². The zero-order valence-electron chi connectivity index (χ0n) is 10.5. The summed E-state index contributed by atoms with van der Waals surface area (Å²) >= 11 is 0. The van der Waals surface area contributed by atoms with Crippen molar-refractivity contribution < 1.29 is 19.2 Å². The molecule has 0 aliphatic heterocycles. The van der Waals surface area contributed by atoms with Crippen LogP contribution >= 0.6 is 0 Å². The number of carbonyl (C=O) groups excluding carboxylic acids is 1. The Bertz CT molecular complexity index is 617. The van der Waals surface area contributed by atoms with Crippen LogP contribution in [0.2, 0.25) is 0 Å². The first-order valence-electron chi connectivity index (χ1n) is 5.64. The van der Waals surface area contributed by atoms with Crippen molar-refractivity contribution in [2.45, 2.75) is 12.5 Å². The Morgan fingerprint density at radius 3 is 3.05 bits per heavy atom. The largest absolute Gasteiger partial charge is 0.466 e. The molecule has 0 fully saturated rings. The highest BCUT2D eigenvalue weighted by molar-refractivity contribution is 5.96. The van der Waals surface area contributed by atoms with Crippen LogP contribution in [0.25, 0.3) is 0 Å². The summed E-state index contributed by atoms with van der Waals surface area (Å²) in [7, 11) is 0. The van der Waals surface area contributed by atoms with E-state index in [0.717, 1.165) is 6.20 Å². The highest BCUT2D eigenvalue weighted by Crippen LogP contribution is 2.20. The molecule has 2 rings (SSSR count). The Hall–Kier alpha value is -2.68. The molecule has 0 saturated carbocycles. The monoisotopic (exact) mass is 280 g/mol. The van der Waals surface area contributed by atoms with Crippen LogP contribution in [0.3, 0.4) is 0 Å². The first-order chi connectivity index (χ1) is 9.42. The molecule has 0 aromatic carbocycles. The molecule has 1 amide bonds. The first kappa shape index (κ1) is 13.7. The van der Waals surface area contributed by atoms with Gasteiger partial charge >= 0.3 is 5.69 Å². The van der Waals surface area contributed by atoms with E-state index in [1.54, 1.807) is 12.1 Å². The second-order valence-corrected chi connectivity index (χ2v) is 4.32. The van der Waals surface area contributed by atoms with Crippen molar-refractivity contribution in [2.75, 3.05) is 6.54 Å². The van der Waals surface area contributed by atoms with E-state index in [1.165, 1.54) is 13.2 Å². The second kappa shape index (κ2) is 5.13. The van der Waals surface area contributed by atoms with Crippen LogP contribution in [0.4, 0.5) is 5.69 Å². The fourth-order valence-corrected chi connectivity index (χ4v) is 1.60. The number of furan rings is 1. The molecule has 1 unspecified atom stereocenters. The molecular formula is C11H12N4O5. The predicted molar refractivity (Wildman–Crippen MR) is 65.9 cm³/mol. The number of aromatic nitrogens is 2. The van der Waals surface area contributed by atoms with Gasteiger partial charge in [-0.25, -0.2) is 0 Å². The van der Waals surface area contributed by atoms with Gasteiger partial charge in [-0.3, -0.25) is 20.0 Å². The molecule has 2 heterocycles. The average Bonchev–Trinajstić information content (AvgIpc) is 3.06. The van der Waals surface area contributed by atoms with Gasteiger partial charge in [0, 0.05) is 0 Å². The van der Waals surface area contributed by atoms with Gasteiger partial charge in [0.25, 0.3) is 5.91 Å². The molecule has 9 heteroatoms. The van der Waals surface area contributed by atoms with Crippen LogP contribution < -0.4 is 5.32 Å². The lowest BCUT2D eigenvalue weighted by Gasteiger charge is -2.20. The van der Waals surface area contributed by atoms with E-state index in [1.807, 2.05) is 0 Å². The molecule has 0 radical (unpaired) electrons. The van der Waals surface area contributed by atoms with Gasteiger partial charge in [-0.1, -0.05) is 0 Å². The zero-order valence-corrected chi connectivity index (χ0v) is 10.5. The molecule has 2 aromatic heterocycles. The zero-order chi connectivity index (χ0) is 14.8. The third-order valence-corrected chi connectivity index (χ3v) is 2.69. The SMILES string of the molecule is CC(O)(CNC(=O)c1[nH]ncc1[N+](=O)[O-])c1ccco1. The van der Waals surface area contributed by atoms with Gasteiger partial charge in [0.2, 0.25) is 5.69 Å². The molecule has 9 nitrogen and oxygen atoms in total. The van der Waals surface area contributed by atoms with E-state index in [0.29, 0.717) is 0 Å². The maximum Gasteiger partial charge on any atom is 0.319 e. The molecule has 1 atom stereocenters. The third-order valence-electron chi connectivity index (χ3n) is 2.69. The van der Waals surface area contributed by atoms with E-state index in [9.17, 15) is 20.0 Å². The van der Waals surface area contributed by atoms with Crippen molar-refractivity contribution in [1.29, 1.82) is 0 Å². The number of carbonyl (C=O) groups is 1. The number of hydrogen-bond donors (Lipinski definition) is 3. The maximum atomic E-state index is 11.8. The fourth-order valence-electron chi connectivity index (χ4n) is 1.60. The van der Waals surface area contributed by atoms with Gasteiger partial charge in [-0.05, 0) is 19.1 Å². The fraction of sp³-hybridized carbons (Fsp3) is 0.273. The highest BCUT2D eigenvalue weighted by Gasteiger charge is 2.29. The lowest BCUT2D eigenvalue weighted by molar-refractivity contribution is -0.385. The minimum atomic E-state index is -1.42. The molecule has 0 aliphatic rings. The van der Waals surface area contributed by atoms with Gasteiger partial charge in [-0.15, -0.1) is 0 Å². The van der Waals surface area contributed by atoms with Crippen molar-refractivity contribution >= 4 is 11.6 Å². The summed E-state index contributed by atoms with van der Waals surface area (Å²) in [6.45, 7) is 1.28. The van der Waals surface area contributed by atoms with E-state index < -0.39 is 22.1 Å². The molecule has 0 saturated heterocycles. The summed E-state index contributed by atoms with van der Waals surface area (Å²) in [4.78, 5) is 21.8. The van der Waals surface area contributed by atoms with Crippen LogP contribution in [-0.4, -0.2) is 32.7 Å². The molecular weight excluding hydrogens is 268 g/mol. The van der Waals surface area contributed by atoms with E-state index in [4.69, 9.17) is 4.42 Å². The standard InChI is InChI=1S/C11H12N4O5/c1-11(17,8-3-2-4-20-8)6-12-10(16)9-7(15(18)19)5-13-14-9/h2-5,17H,6H2,1H3,(H,12,16)(H,13,14). The normalized spacial score (nSPS) is 13.7. The first-order valence-corrected chi connectivity index (χ1v) is 5.64.